The highest BCUT2D eigenvalue weighted by atomic mass is 16.6. The summed E-state index contributed by atoms with van der Waals surface area (Å²) in [4.78, 5) is 25.4. The summed E-state index contributed by atoms with van der Waals surface area (Å²) in [7, 11) is 0. The molecular formula is C20H20N4O6. The number of aromatic nitrogens is 2. The fourth-order valence-corrected chi connectivity index (χ4v) is 3.50. The van der Waals surface area contributed by atoms with Gasteiger partial charge in [0.05, 0.1) is 21.7 Å². The molecule has 2 aromatic heterocycles. The molecule has 0 amide bonds. The summed E-state index contributed by atoms with van der Waals surface area (Å²) in [5, 5.41) is 19.0. The zero-order valence-corrected chi connectivity index (χ0v) is 16.6. The second kappa shape index (κ2) is 7.97. The van der Waals surface area contributed by atoms with Gasteiger partial charge in [-0.05, 0) is 38.8 Å². The van der Waals surface area contributed by atoms with Crippen molar-refractivity contribution in [2.75, 3.05) is 18.0 Å². The quantitative estimate of drug-likeness (QED) is 0.337. The minimum Gasteiger partial charge on any atom is -0.466 e. The Labute approximate surface area is 171 Å². The first kappa shape index (κ1) is 19.6. The van der Waals surface area contributed by atoms with Gasteiger partial charge in [-0.2, -0.15) is 0 Å². The van der Waals surface area contributed by atoms with Crippen LogP contribution in [0.1, 0.15) is 40.6 Å². The molecule has 10 heteroatoms. The van der Waals surface area contributed by atoms with Gasteiger partial charge in [-0.25, -0.2) is 4.79 Å². The third-order valence-electron chi connectivity index (χ3n) is 4.92. The molecule has 1 aliphatic rings. The van der Waals surface area contributed by atoms with Crippen LogP contribution >= 0.6 is 0 Å². The molecule has 0 radical (unpaired) electrons. The Morgan fingerprint density at radius 3 is 2.63 bits per heavy atom. The molecule has 4 rings (SSSR count). The van der Waals surface area contributed by atoms with Gasteiger partial charge in [-0.1, -0.05) is 0 Å². The Kier molecular flexibility index (Phi) is 5.21. The molecule has 0 aliphatic carbocycles. The average Bonchev–Trinajstić information content (AvgIpc) is 3.47. The molecule has 0 N–H and O–H groups in total. The summed E-state index contributed by atoms with van der Waals surface area (Å²) in [6.45, 7) is 4.92. The van der Waals surface area contributed by atoms with Crippen LogP contribution in [0.15, 0.2) is 33.1 Å². The van der Waals surface area contributed by atoms with E-state index < -0.39 is 10.9 Å². The summed E-state index contributed by atoms with van der Waals surface area (Å²) < 4.78 is 16.3. The highest BCUT2D eigenvalue weighted by molar-refractivity contribution is 5.96. The number of hydrogen-bond donors (Lipinski definition) is 0. The van der Waals surface area contributed by atoms with Crippen molar-refractivity contribution in [1.29, 1.82) is 0 Å². The lowest BCUT2D eigenvalue weighted by Crippen LogP contribution is -2.21. The van der Waals surface area contributed by atoms with E-state index in [1.54, 1.807) is 19.1 Å². The minimum atomic E-state index is -0.685. The van der Waals surface area contributed by atoms with Crippen LogP contribution in [0.5, 0.6) is 0 Å². The number of non-ortho nitro benzene ring substituents is 1. The molecular weight excluding hydrogens is 392 g/mol. The molecule has 1 aliphatic heterocycles. The lowest BCUT2D eigenvalue weighted by molar-refractivity contribution is -0.384. The lowest BCUT2D eigenvalue weighted by atomic mass is 10.1. The van der Waals surface area contributed by atoms with Gasteiger partial charge in [0, 0.05) is 25.2 Å². The van der Waals surface area contributed by atoms with Crippen LogP contribution in [0.3, 0.4) is 0 Å². The van der Waals surface area contributed by atoms with Crippen molar-refractivity contribution in [3.8, 4) is 11.5 Å². The van der Waals surface area contributed by atoms with Crippen LogP contribution in [0, 0.1) is 24.0 Å². The highest BCUT2D eigenvalue weighted by Crippen LogP contribution is 2.29. The van der Waals surface area contributed by atoms with E-state index in [1.165, 1.54) is 12.1 Å². The minimum absolute atomic E-state index is 0.116. The van der Waals surface area contributed by atoms with Gasteiger partial charge in [-0.3, -0.25) is 10.1 Å². The zero-order valence-electron chi connectivity index (χ0n) is 16.6. The highest BCUT2D eigenvalue weighted by Gasteiger charge is 2.24. The predicted octanol–water partition coefficient (Wildman–Crippen LogP) is 3.81. The van der Waals surface area contributed by atoms with E-state index in [1.807, 2.05) is 11.8 Å². The molecule has 3 heterocycles. The number of hydrogen-bond acceptors (Lipinski definition) is 9. The summed E-state index contributed by atoms with van der Waals surface area (Å²) in [6.07, 6.45) is 2.01. The number of carbonyl (C=O) groups is 1. The molecule has 0 unspecified atom stereocenters. The van der Waals surface area contributed by atoms with Crippen molar-refractivity contribution in [1.82, 2.24) is 10.2 Å². The maximum atomic E-state index is 12.7. The fraction of sp³-hybridized carbons (Fsp3) is 0.350. The smallest absolute Gasteiger partial charge is 0.341 e. The van der Waals surface area contributed by atoms with E-state index in [0.29, 0.717) is 22.8 Å². The van der Waals surface area contributed by atoms with Crippen molar-refractivity contribution < 1.29 is 23.3 Å². The number of anilines is 1. The number of furan rings is 1. The van der Waals surface area contributed by atoms with Gasteiger partial charge in [0.25, 0.3) is 17.5 Å². The molecule has 0 spiro atoms. The van der Waals surface area contributed by atoms with E-state index in [0.717, 1.165) is 25.9 Å². The summed E-state index contributed by atoms with van der Waals surface area (Å²) in [5.74, 6) is 1.06. The number of nitro groups is 1. The average molecular weight is 412 g/mol. The van der Waals surface area contributed by atoms with Gasteiger partial charge in [0.1, 0.15) is 11.5 Å². The number of nitro benzene ring substituents is 1. The predicted molar refractivity (Wildman–Crippen MR) is 105 cm³/mol. The van der Waals surface area contributed by atoms with E-state index in [2.05, 4.69) is 10.2 Å². The second-order valence-corrected chi connectivity index (χ2v) is 7.06. The molecule has 0 saturated carbocycles. The van der Waals surface area contributed by atoms with Crippen LogP contribution in [0.2, 0.25) is 0 Å². The number of benzene rings is 1. The number of aryl methyl sites for hydroxylation is 2. The second-order valence-electron chi connectivity index (χ2n) is 7.06. The van der Waals surface area contributed by atoms with Crippen molar-refractivity contribution in [3.05, 3.63) is 57.4 Å². The number of nitrogens with zero attached hydrogens (tertiary/aromatic N) is 4. The van der Waals surface area contributed by atoms with Crippen molar-refractivity contribution in [2.45, 2.75) is 33.3 Å². The first-order valence-electron chi connectivity index (χ1n) is 9.52. The van der Waals surface area contributed by atoms with Gasteiger partial charge in [0.2, 0.25) is 0 Å². The molecule has 0 atom stereocenters. The fourth-order valence-electron chi connectivity index (χ4n) is 3.50. The molecule has 30 heavy (non-hydrogen) atoms. The molecule has 1 saturated heterocycles. The van der Waals surface area contributed by atoms with Crippen LogP contribution in [-0.2, 0) is 11.3 Å². The van der Waals surface area contributed by atoms with Crippen LogP contribution < -0.4 is 4.90 Å². The number of carbonyl (C=O) groups excluding carboxylic acids is 1. The molecule has 10 nitrogen and oxygen atoms in total. The standard InChI is InChI=1S/C20H20N4O6/c1-12-9-15(13(2)29-12)19-22-21-18(30-19)11-28-20(25)16-10-14(24(26)27)5-6-17(16)23-7-3-4-8-23/h5-6,9-10H,3-4,7-8,11H2,1-2H3. The first-order chi connectivity index (χ1) is 14.4. The van der Waals surface area contributed by atoms with Crippen molar-refractivity contribution >= 4 is 17.3 Å². The summed E-state index contributed by atoms with van der Waals surface area (Å²) in [5.41, 5.74) is 1.27. The van der Waals surface area contributed by atoms with E-state index in [-0.39, 0.29) is 29.6 Å². The molecule has 0 bridgehead atoms. The molecule has 156 valence electrons. The number of esters is 1. The third kappa shape index (κ3) is 3.88. The van der Waals surface area contributed by atoms with E-state index in [4.69, 9.17) is 13.6 Å². The van der Waals surface area contributed by atoms with Gasteiger partial charge in [-0.15, -0.1) is 10.2 Å². The summed E-state index contributed by atoms with van der Waals surface area (Å²) >= 11 is 0. The lowest BCUT2D eigenvalue weighted by Gasteiger charge is -2.20. The Bertz CT molecular complexity index is 1100. The maximum Gasteiger partial charge on any atom is 0.341 e. The van der Waals surface area contributed by atoms with Crippen LogP contribution in [0.25, 0.3) is 11.5 Å². The van der Waals surface area contributed by atoms with E-state index in [9.17, 15) is 14.9 Å². The maximum absolute atomic E-state index is 12.7. The first-order valence-corrected chi connectivity index (χ1v) is 9.52. The number of ether oxygens (including phenoxy) is 1. The molecule has 3 aromatic rings. The van der Waals surface area contributed by atoms with Crippen molar-refractivity contribution in [2.24, 2.45) is 0 Å². The SMILES string of the molecule is Cc1cc(-c2nnc(COC(=O)c3cc([N+](=O)[O-])ccc3N3CCCC3)o2)c(C)o1. The van der Waals surface area contributed by atoms with Crippen LogP contribution in [0.4, 0.5) is 11.4 Å². The normalized spacial score (nSPS) is 13.6. The van der Waals surface area contributed by atoms with Crippen molar-refractivity contribution in [3.63, 3.8) is 0 Å². The van der Waals surface area contributed by atoms with Crippen LogP contribution in [-0.4, -0.2) is 34.2 Å². The van der Waals surface area contributed by atoms with Gasteiger partial charge in [0.15, 0.2) is 6.61 Å². The van der Waals surface area contributed by atoms with Gasteiger partial charge >= 0.3 is 5.97 Å². The summed E-state index contributed by atoms with van der Waals surface area (Å²) in [6, 6.07) is 6.01. The third-order valence-corrected chi connectivity index (χ3v) is 4.92. The Balaban J connectivity index is 1.52. The Morgan fingerprint density at radius 1 is 1.20 bits per heavy atom. The Hall–Kier alpha value is -3.69. The van der Waals surface area contributed by atoms with Gasteiger partial charge < -0.3 is 18.5 Å². The topological polar surface area (TPSA) is 125 Å². The van der Waals surface area contributed by atoms with E-state index >= 15 is 0 Å². The Morgan fingerprint density at radius 2 is 1.97 bits per heavy atom. The monoisotopic (exact) mass is 412 g/mol. The molecule has 1 fully saturated rings. The number of rotatable bonds is 6. The molecule has 1 aromatic carbocycles. The largest absolute Gasteiger partial charge is 0.466 e. The zero-order chi connectivity index (χ0) is 21.3.